The van der Waals surface area contributed by atoms with E-state index < -0.39 is 35.9 Å². The normalized spacial score (nSPS) is 18.2. The summed E-state index contributed by atoms with van der Waals surface area (Å²) in [5.41, 5.74) is 3.20. The van der Waals surface area contributed by atoms with E-state index in [1.54, 1.807) is 12.3 Å². The molecule has 300 valence electrons. The zero-order valence-corrected chi connectivity index (χ0v) is 34.6. The van der Waals surface area contributed by atoms with Gasteiger partial charge in [0.15, 0.2) is 5.78 Å². The number of aliphatic hydroxyl groups excluding tert-OH is 1. The number of ketones is 1. The Kier molecular flexibility index (Phi) is 16.6. The van der Waals surface area contributed by atoms with Gasteiger partial charge in [-0.2, -0.15) is 0 Å². The van der Waals surface area contributed by atoms with Crippen molar-refractivity contribution in [3.8, 4) is 0 Å². The van der Waals surface area contributed by atoms with Crippen LogP contribution in [0.2, 0.25) is 0 Å². The quantitative estimate of drug-likeness (QED) is 0.107. The van der Waals surface area contributed by atoms with E-state index in [0.717, 1.165) is 48.9 Å². The van der Waals surface area contributed by atoms with Crippen LogP contribution in [0.3, 0.4) is 0 Å². The molecule has 1 aliphatic rings. The zero-order valence-electron chi connectivity index (χ0n) is 33.7. The van der Waals surface area contributed by atoms with Crippen molar-refractivity contribution in [2.24, 2.45) is 23.7 Å². The summed E-state index contributed by atoms with van der Waals surface area (Å²) in [5, 5.41) is 26.3. The number of rotatable bonds is 20. The topological polar surface area (TPSA) is 140 Å². The predicted octanol–water partition coefficient (Wildman–Crippen LogP) is 7.49. The van der Waals surface area contributed by atoms with Crippen molar-refractivity contribution >= 4 is 34.9 Å². The van der Waals surface area contributed by atoms with Crippen LogP contribution < -0.4 is 5.32 Å². The van der Waals surface area contributed by atoms with Crippen LogP contribution in [0.4, 0.5) is 0 Å². The van der Waals surface area contributed by atoms with Gasteiger partial charge in [0.2, 0.25) is 5.91 Å². The molecule has 0 bridgehead atoms. The number of hydrogen-bond donors (Lipinski definition) is 3. The second-order valence-corrected chi connectivity index (χ2v) is 17.0. The number of aliphatic hydroxyl groups is 1. The summed E-state index contributed by atoms with van der Waals surface area (Å²) in [6, 6.07) is 16.7. The van der Waals surface area contributed by atoms with E-state index in [1.807, 2.05) is 87.3 Å². The minimum absolute atomic E-state index is 0.0188. The first-order valence-corrected chi connectivity index (χ1v) is 20.9. The number of nitrogens with zero attached hydrogens (tertiary/aromatic N) is 3. The molecule has 7 atom stereocenters. The molecule has 1 aliphatic heterocycles. The minimum atomic E-state index is -1.06. The molecule has 0 aliphatic carbocycles. The Balaban J connectivity index is 1.56. The van der Waals surface area contributed by atoms with Crippen LogP contribution in [0, 0.1) is 30.6 Å². The molecular formula is C44H62N4O6S. The fourth-order valence-electron chi connectivity index (χ4n) is 7.63. The van der Waals surface area contributed by atoms with Gasteiger partial charge in [-0.05, 0) is 69.2 Å². The van der Waals surface area contributed by atoms with Crippen molar-refractivity contribution in [2.75, 3.05) is 13.6 Å². The number of aryl methyl sites for hydroxylation is 1. The molecule has 55 heavy (non-hydrogen) atoms. The summed E-state index contributed by atoms with van der Waals surface area (Å²) in [6.45, 7) is 13.0. The van der Waals surface area contributed by atoms with E-state index in [1.165, 1.54) is 11.3 Å². The number of likely N-dealkylation sites (N-methyl/N-ethyl adjacent to an activating group) is 1. The van der Waals surface area contributed by atoms with E-state index >= 15 is 0 Å². The summed E-state index contributed by atoms with van der Waals surface area (Å²) in [7, 11) is 2.00. The third kappa shape index (κ3) is 12.5. The SMILES string of the molecule is CCC(C)C(CC(=O)C1CCCCN1C)C(=O)N(Cc1ccccc1)[C@H](C[C@@H](O)c1nc(C(=O)N[C@@H](Cc2ccc(C)cc2)C[C@H](C)C(=O)O)cs1)C(C)C. The molecule has 3 unspecified atom stereocenters. The first kappa shape index (κ1) is 43.8. The largest absolute Gasteiger partial charge is 0.481 e. The number of benzene rings is 2. The van der Waals surface area contributed by atoms with Crippen LogP contribution >= 0.6 is 11.3 Å². The van der Waals surface area contributed by atoms with E-state index in [4.69, 9.17) is 0 Å². The number of amides is 2. The van der Waals surface area contributed by atoms with Gasteiger partial charge in [-0.3, -0.25) is 24.1 Å². The number of likely N-dealkylation sites (tertiary alicyclic amines) is 1. The lowest BCUT2D eigenvalue weighted by Gasteiger charge is -2.39. The molecule has 1 aromatic heterocycles. The number of carboxylic acids is 1. The standard InChI is InChI=1S/C44H62N4O6S/c1-8-30(5)35(24-39(49)37-16-12-13-21-47(37)7)43(52)48(26-33-14-10-9-11-15-33)38(28(2)3)25-40(50)42-46-36(27-55-42)41(51)45-34(22-31(6)44(53)54)23-32-19-17-29(4)18-20-32/h9-11,14-15,17-20,27-28,30-31,34-35,37-38,40,50H,8,12-13,16,21-26H2,1-7H3,(H,45,51)(H,53,54)/t30?,31-,34+,35?,37?,38+,40+/m0/s1. The van der Waals surface area contributed by atoms with Gasteiger partial charge >= 0.3 is 5.97 Å². The molecule has 1 fully saturated rings. The molecular weight excluding hydrogens is 713 g/mol. The molecule has 4 rings (SSSR count). The highest BCUT2D eigenvalue weighted by Crippen LogP contribution is 2.33. The Morgan fingerprint density at radius 3 is 2.29 bits per heavy atom. The molecule has 0 radical (unpaired) electrons. The summed E-state index contributed by atoms with van der Waals surface area (Å²) in [5.74, 6) is -2.54. The van der Waals surface area contributed by atoms with Crippen molar-refractivity contribution in [3.05, 3.63) is 87.4 Å². The summed E-state index contributed by atoms with van der Waals surface area (Å²) < 4.78 is 0. The van der Waals surface area contributed by atoms with Gasteiger partial charge in [-0.15, -0.1) is 11.3 Å². The van der Waals surface area contributed by atoms with Crippen LogP contribution in [0.1, 0.15) is 118 Å². The number of thiazole rings is 1. The first-order valence-electron chi connectivity index (χ1n) is 20.0. The Morgan fingerprint density at radius 1 is 0.982 bits per heavy atom. The molecule has 0 saturated carbocycles. The van der Waals surface area contributed by atoms with Crippen molar-refractivity contribution in [1.82, 2.24) is 20.1 Å². The van der Waals surface area contributed by atoms with Gasteiger partial charge in [-0.1, -0.05) is 108 Å². The van der Waals surface area contributed by atoms with Gasteiger partial charge < -0.3 is 20.4 Å². The van der Waals surface area contributed by atoms with Crippen LogP contribution in [-0.4, -0.2) is 80.3 Å². The smallest absolute Gasteiger partial charge is 0.306 e. The van der Waals surface area contributed by atoms with Crippen LogP contribution in [0.15, 0.2) is 60.0 Å². The van der Waals surface area contributed by atoms with Gasteiger partial charge in [-0.25, -0.2) is 4.98 Å². The zero-order chi connectivity index (χ0) is 40.2. The maximum absolute atomic E-state index is 14.8. The number of Topliss-reactive ketones (excluding diaryl/α,β-unsaturated/α-hetero) is 1. The van der Waals surface area contributed by atoms with Crippen molar-refractivity contribution in [3.63, 3.8) is 0 Å². The Hall–Kier alpha value is -3.93. The third-order valence-corrected chi connectivity index (χ3v) is 12.3. The maximum atomic E-state index is 14.8. The van der Waals surface area contributed by atoms with E-state index in [2.05, 4.69) is 29.0 Å². The van der Waals surface area contributed by atoms with Gasteiger partial charge in [0.1, 0.15) is 16.8 Å². The molecule has 1 saturated heterocycles. The van der Waals surface area contributed by atoms with Crippen LogP contribution in [0.5, 0.6) is 0 Å². The second-order valence-electron chi connectivity index (χ2n) is 16.1. The number of aliphatic carboxylic acids is 1. The Morgan fingerprint density at radius 2 is 1.67 bits per heavy atom. The van der Waals surface area contributed by atoms with Gasteiger partial charge in [0.05, 0.1) is 12.0 Å². The number of carbonyl (C=O) groups excluding carboxylic acids is 3. The average molecular weight is 775 g/mol. The predicted molar refractivity (Wildman–Crippen MR) is 218 cm³/mol. The lowest BCUT2D eigenvalue weighted by molar-refractivity contribution is -0.145. The molecule has 2 amide bonds. The highest BCUT2D eigenvalue weighted by molar-refractivity contribution is 7.09. The van der Waals surface area contributed by atoms with Gasteiger partial charge in [0.25, 0.3) is 5.91 Å². The van der Waals surface area contributed by atoms with Crippen molar-refractivity contribution in [2.45, 2.75) is 124 Å². The summed E-state index contributed by atoms with van der Waals surface area (Å²) in [4.78, 5) is 62.4. The van der Waals surface area contributed by atoms with Crippen LogP contribution in [-0.2, 0) is 27.3 Å². The average Bonchev–Trinajstić information content (AvgIpc) is 3.67. The lowest BCUT2D eigenvalue weighted by atomic mass is 9.82. The summed E-state index contributed by atoms with van der Waals surface area (Å²) in [6.07, 6.45) is 3.68. The number of piperidine rings is 1. The number of carbonyl (C=O) groups is 4. The molecule has 10 nitrogen and oxygen atoms in total. The minimum Gasteiger partial charge on any atom is -0.481 e. The lowest BCUT2D eigenvalue weighted by Crippen LogP contribution is -2.49. The number of nitrogens with one attached hydrogen (secondary N) is 1. The number of carboxylic acid groups (broad SMARTS) is 1. The molecule has 0 spiro atoms. The van der Waals surface area contributed by atoms with Gasteiger partial charge in [0, 0.05) is 42.8 Å². The Bertz CT molecular complexity index is 1700. The fraction of sp³-hybridized carbons (Fsp3) is 0.568. The molecule has 3 aromatic rings. The van der Waals surface area contributed by atoms with Crippen molar-refractivity contribution < 1.29 is 29.4 Å². The number of hydrogen-bond acceptors (Lipinski definition) is 8. The maximum Gasteiger partial charge on any atom is 0.306 e. The van der Waals surface area contributed by atoms with E-state index in [-0.39, 0.29) is 60.6 Å². The molecule has 2 heterocycles. The highest BCUT2D eigenvalue weighted by atomic mass is 32.1. The third-order valence-electron chi connectivity index (χ3n) is 11.4. The molecule has 11 heteroatoms. The van der Waals surface area contributed by atoms with Crippen LogP contribution in [0.25, 0.3) is 0 Å². The first-order chi connectivity index (χ1) is 26.2. The highest BCUT2D eigenvalue weighted by Gasteiger charge is 2.38. The monoisotopic (exact) mass is 774 g/mol. The second kappa shape index (κ2) is 20.8. The number of aromatic nitrogens is 1. The van der Waals surface area contributed by atoms with Crippen molar-refractivity contribution in [1.29, 1.82) is 0 Å². The molecule has 2 aromatic carbocycles. The summed E-state index contributed by atoms with van der Waals surface area (Å²) >= 11 is 1.19. The molecule has 3 N–H and O–H groups in total. The van der Waals surface area contributed by atoms with E-state index in [0.29, 0.717) is 18.0 Å². The fourth-order valence-corrected chi connectivity index (χ4v) is 8.42. The Labute approximate surface area is 331 Å². The van der Waals surface area contributed by atoms with E-state index in [9.17, 15) is 29.4 Å².